The molecular formula is C16H13ClN2O4. The Balaban J connectivity index is 1.54. The van der Waals surface area contributed by atoms with Gasteiger partial charge in [0.25, 0.3) is 0 Å². The van der Waals surface area contributed by atoms with Gasteiger partial charge in [-0.25, -0.2) is 4.79 Å². The van der Waals surface area contributed by atoms with Gasteiger partial charge in [-0.2, -0.15) is 0 Å². The van der Waals surface area contributed by atoms with Crippen molar-refractivity contribution >= 4 is 29.1 Å². The molecule has 0 saturated carbocycles. The minimum atomic E-state index is -0.471. The first-order valence-electron chi connectivity index (χ1n) is 6.85. The molecule has 0 saturated heterocycles. The number of Topliss-reactive ketones (excluding diaryl/α,β-unsaturated/α-hetero) is 1. The van der Waals surface area contributed by atoms with E-state index in [0.29, 0.717) is 27.8 Å². The van der Waals surface area contributed by atoms with E-state index in [-0.39, 0.29) is 19.1 Å². The minimum Gasteiger partial charge on any atom is -0.454 e. The van der Waals surface area contributed by atoms with E-state index >= 15 is 0 Å². The Bertz CT molecular complexity index is 746. The fourth-order valence-corrected chi connectivity index (χ4v) is 2.17. The molecule has 0 fully saturated rings. The van der Waals surface area contributed by atoms with Gasteiger partial charge in [0.15, 0.2) is 17.3 Å². The Hall–Kier alpha value is -2.73. The number of halogens is 1. The summed E-state index contributed by atoms with van der Waals surface area (Å²) in [7, 11) is 0. The molecule has 1 aliphatic rings. The number of nitrogens with one attached hydrogen (secondary N) is 2. The second kappa shape index (κ2) is 6.58. The highest BCUT2D eigenvalue weighted by Gasteiger charge is 2.16. The Morgan fingerprint density at radius 2 is 1.78 bits per heavy atom. The maximum Gasteiger partial charge on any atom is 0.319 e. The second-order valence-corrected chi connectivity index (χ2v) is 5.24. The van der Waals surface area contributed by atoms with E-state index in [0.717, 1.165) is 0 Å². The van der Waals surface area contributed by atoms with Crippen molar-refractivity contribution in [1.82, 2.24) is 5.32 Å². The zero-order chi connectivity index (χ0) is 16.2. The van der Waals surface area contributed by atoms with Crippen molar-refractivity contribution in [3.05, 3.63) is 53.1 Å². The molecule has 0 radical (unpaired) electrons. The molecule has 2 amide bonds. The lowest BCUT2D eigenvalue weighted by atomic mass is 10.1. The summed E-state index contributed by atoms with van der Waals surface area (Å²) in [5.74, 6) is 0.908. The van der Waals surface area contributed by atoms with Crippen molar-refractivity contribution in [2.45, 2.75) is 0 Å². The maximum absolute atomic E-state index is 12.1. The van der Waals surface area contributed by atoms with Crippen molar-refractivity contribution in [3.8, 4) is 11.5 Å². The van der Waals surface area contributed by atoms with Crippen LogP contribution in [0.4, 0.5) is 10.5 Å². The number of anilines is 1. The van der Waals surface area contributed by atoms with E-state index in [9.17, 15) is 9.59 Å². The number of fused-ring (bicyclic) bond motifs is 1. The van der Waals surface area contributed by atoms with Gasteiger partial charge >= 0.3 is 6.03 Å². The summed E-state index contributed by atoms with van der Waals surface area (Å²) < 4.78 is 10.4. The zero-order valence-electron chi connectivity index (χ0n) is 12.0. The van der Waals surface area contributed by atoms with E-state index in [2.05, 4.69) is 10.6 Å². The van der Waals surface area contributed by atoms with Crippen molar-refractivity contribution in [3.63, 3.8) is 0 Å². The molecule has 0 aliphatic carbocycles. The largest absolute Gasteiger partial charge is 0.454 e. The number of carbonyl (C=O) groups excluding carboxylic acids is 2. The topological polar surface area (TPSA) is 76.7 Å². The number of urea groups is 1. The predicted octanol–water partition coefficient (Wildman–Crippen LogP) is 3.07. The Kier molecular flexibility index (Phi) is 4.34. The van der Waals surface area contributed by atoms with Gasteiger partial charge in [-0.15, -0.1) is 0 Å². The highest BCUT2D eigenvalue weighted by atomic mass is 35.5. The first-order valence-corrected chi connectivity index (χ1v) is 7.23. The van der Waals surface area contributed by atoms with Gasteiger partial charge < -0.3 is 20.1 Å². The molecule has 1 aliphatic heterocycles. The summed E-state index contributed by atoms with van der Waals surface area (Å²) >= 11 is 5.77. The normalized spacial score (nSPS) is 11.9. The number of carbonyl (C=O) groups is 2. The van der Waals surface area contributed by atoms with Gasteiger partial charge in [0, 0.05) is 16.3 Å². The highest BCUT2D eigenvalue weighted by molar-refractivity contribution is 6.30. The Morgan fingerprint density at radius 1 is 1.04 bits per heavy atom. The number of rotatable bonds is 4. The molecule has 118 valence electrons. The summed E-state index contributed by atoms with van der Waals surface area (Å²) in [6.45, 7) is 0.0216. The molecule has 0 spiro atoms. The monoisotopic (exact) mass is 332 g/mol. The van der Waals surface area contributed by atoms with Crippen LogP contribution in [0.2, 0.25) is 5.02 Å². The zero-order valence-corrected chi connectivity index (χ0v) is 12.7. The third kappa shape index (κ3) is 3.73. The van der Waals surface area contributed by atoms with Gasteiger partial charge in [0.1, 0.15) is 0 Å². The Morgan fingerprint density at radius 3 is 2.57 bits per heavy atom. The first-order chi connectivity index (χ1) is 11.1. The first kappa shape index (κ1) is 15.2. The third-order valence-corrected chi connectivity index (χ3v) is 3.46. The molecule has 7 heteroatoms. The molecule has 3 rings (SSSR count). The summed E-state index contributed by atoms with van der Waals surface area (Å²) in [5.41, 5.74) is 1.03. The lowest BCUT2D eigenvalue weighted by Gasteiger charge is -2.07. The molecule has 0 bridgehead atoms. The maximum atomic E-state index is 12.1. The van der Waals surface area contributed by atoms with E-state index < -0.39 is 6.03 Å². The molecule has 2 aromatic rings. The van der Waals surface area contributed by atoms with Gasteiger partial charge in [-0.05, 0) is 42.5 Å². The highest BCUT2D eigenvalue weighted by Crippen LogP contribution is 2.32. The summed E-state index contributed by atoms with van der Waals surface area (Å²) in [6, 6.07) is 11.1. The number of benzene rings is 2. The van der Waals surface area contributed by atoms with E-state index in [1.165, 1.54) is 0 Å². The number of amides is 2. The molecule has 6 nitrogen and oxygen atoms in total. The molecule has 2 aromatic carbocycles. The molecule has 0 unspecified atom stereocenters. The number of ether oxygens (including phenoxy) is 2. The third-order valence-electron chi connectivity index (χ3n) is 3.21. The van der Waals surface area contributed by atoms with Crippen LogP contribution in [-0.4, -0.2) is 25.2 Å². The molecule has 23 heavy (non-hydrogen) atoms. The van der Waals surface area contributed by atoms with E-state index in [1.54, 1.807) is 42.5 Å². The number of hydrogen-bond donors (Lipinski definition) is 2. The molecule has 2 N–H and O–H groups in total. The van der Waals surface area contributed by atoms with Crippen molar-refractivity contribution in [2.75, 3.05) is 18.7 Å². The smallest absolute Gasteiger partial charge is 0.319 e. The van der Waals surface area contributed by atoms with Crippen LogP contribution in [0, 0.1) is 0 Å². The van der Waals surface area contributed by atoms with Crippen LogP contribution in [-0.2, 0) is 0 Å². The van der Waals surface area contributed by atoms with Gasteiger partial charge in [0.2, 0.25) is 6.79 Å². The summed E-state index contributed by atoms with van der Waals surface area (Å²) in [5, 5.41) is 5.70. The Labute approximate surface area is 137 Å². The van der Waals surface area contributed by atoms with Crippen LogP contribution in [0.1, 0.15) is 10.4 Å². The van der Waals surface area contributed by atoms with Crippen molar-refractivity contribution in [2.24, 2.45) is 0 Å². The lowest BCUT2D eigenvalue weighted by Crippen LogP contribution is -2.33. The lowest BCUT2D eigenvalue weighted by molar-refractivity contribution is 0.0992. The molecule has 0 aromatic heterocycles. The molecule has 1 heterocycles. The minimum absolute atomic E-state index is 0.126. The average molecular weight is 333 g/mol. The second-order valence-electron chi connectivity index (χ2n) is 4.81. The number of ketones is 1. The van der Waals surface area contributed by atoms with Gasteiger partial charge in [-0.1, -0.05) is 11.6 Å². The standard InChI is InChI=1S/C16H13ClN2O4/c17-11-2-4-12(5-3-11)19-16(21)18-8-13(20)10-1-6-14-15(7-10)23-9-22-14/h1-7H,8-9H2,(H2,18,19,21). The molecule has 0 atom stereocenters. The van der Waals surface area contributed by atoms with E-state index in [4.69, 9.17) is 21.1 Å². The van der Waals surface area contributed by atoms with Gasteiger partial charge in [-0.3, -0.25) is 4.79 Å². The van der Waals surface area contributed by atoms with Crippen LogP contribution in [0.15, 0.2) is 42.5 Å². The summed E-state index contributed by atoms with van der Waals surface area (Å²) in [6.07, 6.45) is 0. The van der Waals surface area contributed by atoms with Crippen LogP contribution >= 0.6 is 11.6 Å². The summed E-state index contributed by atoms with van der Waals surface area (Å²) in [4.78, 5) is 23.9. The SMILES string of the molecule is O=C(NCC(=O)c1ccc2c(c1)OCO2)Nc1ccc(Cl)cc1. The van der Waals surface area contributed by atoms with Crippen LogP contribution in [0.3, 0.4) is 0 Å². The quantitative estimate of drug-likeness (QED) is 0.844. The average Bonchev–Trinajstić information content (AvgIpc) is 3.02. The van der Waals surface area contributed by atoms with Gasteiger partial charge in [0.05, 0.1) is 6.54 Å². The fraction of sp³-hybridized carbons (Fsp3) is 0.125. The predicted molar refractivity (Wildman–Crippen MR) is 85.4 cm³/mol. The van der Waals surface area contributed by atoms with Crippen LogP contribution < -0.4 is 20.1 Å². The van der Waals surface area contributed by atoms with Crippen molar-refractivity contribution in [1.29, 1.82) is 0 Å². The van der Waals surface area contributed by atoms with E-state index in [1.807, 2.05) is 0 Å². The van der Waals surface area contributed by atoms with Crippen molar-refractivity contribution < 1.29 is 19.1 Å². The molecular weight excluding hydrogens is 320 g/mol. The van der Waals surface area contributed by atoms with Crippen LogP contribution in [0.25, 0.3) is 0 Å². The van der Waals surface area contributed by atoms with Crippen LogP contribution in [0.5, 0.6) is 11.5 Å². The number of hydrogen-bond acceptors (Lipinski definition) is 4. The fourth-order valence-electron chi connectivity index (χ4n) is 2.04.